The summed E-state index contributed by atoms with van der Waals surface area (Å²) in [5.74, 6) is 0.149. The van der Waals surface area contributed by atoms with E-state index in [9.17, 15) is 4.79 Å². The van der Waals surface area contributed by atoms with Crippen LogP contribution in [0.3, 0.4) is 0 Å². The minimum absolute atomic E-state index is 0.149. The molecule has 1 N–H and O–H groups in total. The van der Waals surface area contributed by atoms with Gasteiger partial charge in [-0.1, -0.05) is 30.3 Å². The predicted octanol–water partition coefficient (Wildman–Crippen LogP) is 1.35. The molecule has 0 radical (unpaired) electrons. The van der Waals surface area contributed by atoms with Gasteiger partial charge in [-0.3, -0.25) is 10.1 Å². The third-order valence-corrected chi connectivity index (χ3v) is 3.27. The monoisotopic (exact) mass is 218 g/mol. The molecule has 86 valence electrons. The third kappa shape index (κ3) is 1.83. The highest BCUT2D eigenvalue weighted by Gasteiger charge is 2.37. The number of hydrogen-bond acceptors (Lipinski definition) is 2. The van der Waals surface area contributed by atoms with Crippen LogP contribution in [-0.4, -0.2) is 30.9 Å². The maximum Gasteiger partial charge on any atom is 0.246 e. The summed E-state index contributed by atoms with van der Waals surface area (Å²) < 4.78 is 0. The van der Waals surface area contributed by atoms with E-state index in [4.69, 9.17) is 0 Å². The standard InChI is InChI=1S/C13H18N2O/c1-13(11-7-4-3-5-8-11)12(16)15(2)10-6-9-14-13/h3-5,7-8,14H,6,9-10H2,1-2H3. The lowest BCUT2D eigenvalue weighted by Crippen LogP contribution is -2.50. The molecule has 1 amide bonds. The lowest BCUT2D eigenvalue weighted by Gasteiger charge is -2.31. The zero-order chi connectivity index (χ0) is 11.6. The van der Waals surface area contributed by atoms with E-state index in [-0.39, 0.29) is 5.91 Å². The predicted molar refractivity (Wildman–Crippen MR) is 64.1 cm³/mol. The second-order valence-electron chi connectivity index (χ2n) is 4.50. The van der Waals surface area contributed by atoms with E-state index in [1.807, 2.05) is 49.2 Å². The van der Waals surface area contributed by atoms with Crippen LogP contribution in [0, 0.1) is 0 Å². The zero-order valence-corrected chi connectivity index (χ0v) is 9.86. The first-order chi connectivity index (χ1) is 7.64. The second-order valence-corrected chi connectivity index (χ2v) is 4.50. The average Bonchev–Trinajstić information content (AvgIpc) is 2.45. The maximum absolute atomic E-state index is 12.3. The first-order valence-corrected chi connectivity index (χ1v) is 5.71. The summed E-state index contributed by atoms with van der Waals surface area (Å²) in [6, 6.07) is 9.92. The van der Waals surface area contributed by atoms with E-state index in [2.05, 4.69) is 5.32 Å². The van der Waals surface area contributed by atoms with Crippen molar-refractivity contribution >= 4 is 5.91 Å². The molecule has 1 saturated heterocycles. The molecule has 1 fully saturated rings. The SMILES string of the molecule is CN1CCCNC(C)(c2ccccc2)C1=O. The van der Waals surface area contributed by atoms with Gasteiger partial charge in [0.2, 0.25) is 5.91 Å². The molecule has 0 aliphatic carbocycles. The molecular weight excluding hydrogens is 200 g/mol. The average molecular weight is 218 g/mol. The molecular formula is C13H18N2O. The van der Waals surface area contributed by atoms with Gasteiger partial charge in [0.25, 0.3) is 0 Å². The van der Waals surface area contributed by atoms with E-state index in [1.54, 1.807) is 0 Å². The molecule has 1 heterocycles. The lowest BCUT2D eigenvalue weighted by atomic mass is 9.91. The second kappa shape index (κ2) is 4.26. The van der Waals surface area contributed by atoms with Crippen LogP contribution >= 0.6 is 0 Å². The van der Waals surface area contributed by atoms with Crippen LogP contribution in [0.2, 0.25) is 0 Å². The smallest absolute Gasteiger partial charge is 0.246 e. The van der Waals surface area contributed by atoms with Gasteiger partial charge in [0.05, 0.1) is 0 Å². The van der Waals surface area contributed by atoms with E-state index in [0.29, 0.717) is 0 Å². The molecule has 3 heteroatoms. The Labute approximate surface area is 96.5 Å². The summed E-state index contributed by atoms with van der Waals surface area (Å²) in [5, 5.41) is 3.36. The Morgan fingerprint density at radius 1 is 1.31 bits per heavy atom. The lowest BCUT2D eigenvalue weighted by molar-refractivity contribution is -0.135. The van der Waals surface area contributed by atoms with Gasteiger partial charge in [-0.2, -0.15) is 0 Å². The number of amides is 1. The number of nitrogens with one attached hydrogen (secondary N) is 1. The normalized spacial score (nSPS) is 26.6. The quantitative estimate of drug-likeness (QED) is 0.771. The van der Waals surface area contributed by atoms with Gasteiger partial charge in [-0.25, -0.2) is 0 Å². The van der Waals surface area contributed by atoms with Crippen molar-refractivity contribution in [2.75, 3.05) is 20.1 Å². The number of benzene rings is 1. The summed E-state index contributed by atoms with van der Waals surface area (Å²) in [5.41, 5.74) is 0.459. The molecule has 1 aromatic carbocycles. The summed E-state index contributed by atoms with van der Waals surface area (Å²) in [6.07, 6.45) is 1.00. The van der Waals surface area contributed by atoms with Gasteiger partial charge < -0.3 is 4.90 Å². The molecule has 16 heavy (non-hydrogen) atoms. The zero-order valence-electron chi connectivity index (χ0n) is 9.86. The summed E-state index contributed by atoms with van der Waals surface area (Å²) in [6.45, 7) is 3.67. The van der Waals surface area contributed by atoms with Crippen LogP contribution in [0.4, 0.5) is 0 Å². The minimum Gasteiger partial charge on any atom is -0.344 e. The van der Waals surface area contributed by atoms with Gasteiger partial charge in [-0.15, -0.1) is 0 Å². The highest BCUT2D eigenvalue weighted by atomic mass is 16.2. The fraction of sp³-hybridized carbons (Fsp3) is 0.462. The first-order valence-electron chi connectivity index (χ1n) is 5.71. The van der Waals surface area contributed by atoms with Crippen molar-refractivity contribution in [2.45, 2.75) is 18.9 Å². The molecule has 0 saturated carbocycles. The largest absolute Gasteiger partial charge is 0.344 e. The van der Waals surface area contributed by atoms with Crippen LogP contribution < -0.4 is 5.32 Å². The van der Waals surface area contributed by atoms with Gasteiger partial charge in [-0.05, 0) is 25.5 Å². The van der Waals surface area contributed by atoms with Crippen molar-refractivity contribution < 1.29 is 4.79 Å². The van der Waals surface area contributed by atoms with Gasteiger partial charge in [0, 0.05) is 13.6 Å². The van der Waals surface area contributed by atoms with Crippen molar-refractivity contribution in [3.05, 3.63) is 35.9 Å². The highest BCUT2D eigenvalue weighted by Crippen LogP contribution is 2.24. The van der Waals surface area contributed by atoms with Gasteiger partial charge >= 0.3 is 0 Å². The van der Waals surface area contributed by atoms with Crippen LogP contribution in [0.5, 0.6) is 0 Å². The first kappa shape index (κ1) is 11.1. The van der Waals surface area contributed by atoms with Crippen molar-refractivity contribution in [3.63, 3.8) is 0 Å². The van der Waals surface area contributed by atoms with E-state index >= 15 is 0 Å². The maximum atomic E-state index is 12.3. The summed E-state index contributed by atoms with van der Waals surface area (Å²) in [7, 11) is 1.87. The Balaban J connectivity index is 2.38. The number of likely N-dealkylation sites (N-methyl/N-ethyl adjacent to an activating group) is 1. The number of rotatable bonds is 1. The minimum atomic E-state index is -0.577. The molecule has 1 aromatic rings. The molecule has 1 atom stereocenters. The van der Waals surface area contributed by atoms with E-state index in [1.165, 1.54) is 0 Å². The van der Waals surface area contributed by atoms with Crippen LogP contribution in [0.15, 0.2) is 30.3 Å². The number of carbonyl (C=O) groups excluding carboxylic acids is 1. The Morgan fingerprint density at radius 3 is 2.69 bits per heavy atom. The van der Waals surface area contributed by atoms with Crippen LogP contribution in [0.1, 0.15) is 18.9 Å². The van der Waals surface area contributed by atoms with Crippen LogP contribution in [-0.2, 0) is 10.3 Å². The molecule has 1 unspecified atom stereocenters. The Hall–Kier alpha value is -1.35. The number of hydrogen-bond donors (Lipinski definition) is 1. The molecule has 0 bridgehead atoms. The third-order valence-electron chi connectivity index (χ3n) is 3.27. The molecule has 0 aromatic heterocycles. The van der Waals surface area contributed by atoms with E-state index in [0.717, 1.165) is 25.1 Å². The Morgan fingerprint density at radius 2 is 2.00 bits per heavy atom. The Bertz CT molecular complexity index is 377. The fourth-order valence-corrected chi connectivity index (χ4v) is 2.21. The van der Waals surface area contributed by atoms with Gasteiger partial charge in [0.15, 0.2) is 0 Å². The van der Waals surface area contributed by atoms with Crippen molar-refractivity contribution in [2.24, 2.45) is 0 Å². The van der Waals surface area contributed by atoms with Crippen molar-refractivity contribution in [1.82, 2.24) is 10.2 Å². The summed E-state index contributed by atoms with van der Waals surface area (Å²) in [4.78, 5) is 14.1. The molecule has 2 rings (SSSR count). The summed E-state index contributed by atoms with van der Waals surface area (Å²) >= 11 is 0. The topological polar surface area (TPSA) is 32.3 Å². The molecule has 0 spiro atoms. The van der Waals surface area contributed by atoms with Crippen LogP contribution in [0.25, 0.3) is 0 Å². The number of carbonyl (C=O) groups is 1. The Kier molecular flexibility index (Phi) is 2.97. The molecule has 3 nitrogen and oxygen atoms in total. The highest BCUT2D eigenvalue weighted by molar-refractivity contribution is 5.87. The number of nitrogens with zero attached hydrogens (tertiary/aromatic N) is 1. The van der Waals surface area contributed by atoms with Gasteiger partial charge in [0.1, 0.15) is 5.54 Å². The van der Waals surface area contributed by atoms with Crippen molar-refractivity contribution in [3.8, 4) is 0 Å². The fourth-order valence-electron chi connectivity index (χ4n) is 2.21. The van der Waals surface area contributed by atoms with Crippen molar-refractivity contribution in [1.29, 1.82) is 0 Å². The molecule has 1 aliphatic rings. The van der Waals surface area contributed by atoms with E-state index < -0.39 is 5.54 Å². The molecule has 1 aliphatic heterocycles.